The van der Waals surface area contributed by atoms with E-state index in [1.807, 2.05) is 0 Å². The lowest BCUT2D eigenvalue weighted by atomic mass is 9.79. The molecule has 0 aromatic rings. The van der Waals surface area contributed by atoms with Gasteiger partial charge < -0.3 is 0 Å². The molecule has 0 aromatic heterocycles. The van der Waals surface area contributed by atoms with E-state index in [1.54, 1.807) is 0 Å². The minimum Gasteiger partial charge on any atom is -0.251 e. The summed E-state index contributed by atoms with van der Waals surface area (Å²) < 4.78 is 205. The van der Waals surface area contributed by atoms with Crippen LogP contribution in [0.1, 0.15) is 12.8 Å². The molecule has 1 atom stereocenters. The first-order chi connectivity index (χ1) is 13.9. The van der Waals surface area contributed by atoms with Gasteiger partial charge in [-0.15, -0.1) is 0 Å². The van der Waals surface area contributed by atoms with E-state index in [-0.39, 0.29) is 0 Å². The number of nitrogens with zero attached hydrogens (tertiary/aromatic N) is 2. The number of hydrogen-bond acceptors (Lipinski definition) is 3. The Hall–Kier alpha value is -1.92. The molecule has 0 spiro atoms. The third kappa shape index (κ3) is 5.01. The van der Waals surface area contributed by atoms with Crippen LogP contribution in [-0.4, -0.2) is 51.5 Å². The third-order valence-electron chi connectivity index (χ3n) is 3.86. The second kappa shape index (κ2) is 8.79. The van der Waals surface area contributed by atoms with Crippen molar-refractivity contribution in [1.82, 2.24) is 0 Å². The van der Waals surface area contributed by atoms with E-state index in [2.05, 4.69) is 0 Å². The number of hydrogen-bond donors (Lipinski definition) is 0. The predicted molar refractivity (Wildman–Crippen MR) is 72.7 cm³/mol. The molecule has 0 fully saturated rings. The normalized spacial score (nSPS) is 15.9. The number of rotatable bonds is 10. The number of halogens is 15. The highest BCUT2D eigenvalue weighted by Gasteiger charge is 2.88. The average molecular weight is 524 g/mol. The van der Waals surface area contributed by atoms with Crippen LogP contribution in [0.5, 0.6) is 0 Å². The maximum Gasteiger partial charge on any atom is 0.471 e. The number of alkyl halides is 15. The first-order valence-corrected chi connectivity index (χ1v) is 8.67. The minimum atomic E-state index is -7.92. The summed E-state index contributed by atoms with van der Waals surface area (Å²) in [5.41, 5.74) is -9.34. The van der Waals surface area contributed by atoms with Gasteiger partial charge in [0.05, 0.1) is 12.1 Å². The standard InChI is InChI=1S/C13H7F15N2OS/c14-6(15)9(18,19)11(22,23)12(24,25)10(20,21)8(16,17)3-7(4-29,5-30)1-2-32(31)13(26,27)28/h6H,1-3H2. The van der Waals surface area contributed by atoms with Crippen LogP contribution in [-0.2, 0) is 10.8 Å². The molecule has 0 bridgehead atoms. The Balaban J connectivity index is 6.27. The molecule has 3 nitrogen and oxygen atoms in total. The molecule has 19 heteroatoms. The van der Waals surface area contributed by atoms with Gasteiger partial charge in [0.1, 0.15) is 10.8 Å². The van der Waals surface area contributed by atoms with E-state index in [0.29, 0.717) is 12.1 Å². The molecule has 0 radical (unpaired) electrons. The van der Waals surface area contributed by atoms with Gasteiger partial charge >= 0.3 is 41.5 Å². The van der Waals surface area contributed by atoms with Gasteiger partial charge in [-0.05, 0) is 6.42 Å². The molecule has 0 aromatic carbocycles. The van der Waals surface area contributed by atoms with Crippen molar-refractivity contribution >= 4 is 10.8 Å². The van der Waals surface area contributed by atoms with Gasteiger partial charge in [-0.2, -0.15) is 67.6 Å². The predicted octanol–water partition coefficient (Wildman–Crippen LogP) is 5.51. The fourth-order valence-corrected chi connectivity index (χ4v) is 2.72. The van der Waals surface area contributed by atoms with Crippen molar-refractivity contribution < 1.29 is 70.1 Å². The fraction of sp³-hybridized carbons (Fsp3) is 0.846. The summed E-state index contributed by atoms with van der Waals surface area (Å²) in [4.78, 5) is 0. The molecular formula is C13H7F15N2OS. The molecule has 1 unspecified atom stereocenters. The average Bonchev–Trinajstić information content (AvgIpc) is 2.63. The highest BCUT2D eigenvalue weighted by molar-refractivity contribution is 7.85. The smallest absolute Gasteiger partial charge is 0.251 e. The van der Waals surface area contributed by atoms with Crippen molar-refractivity contribution in [2.75, 3.05) is 5.75 Å². The lowest BCUT2D eigenvalue weighted by Gasteiger charge is -2.40. The third-order valence-corrected chi connectivity index (χ3v) is 4.96. The van der Waals surface area contributed by atoms with Crippen LogP contribution in [0.2, 0.25) is 0 Å². The van der Waals surface area contributed by atoms with Gasteiger partial charge in [-0.25, -0.2) is 8.78 Å². The van der Waals surface area contributed by atoms with Gasteiger partial charge in [0.15, 0.2) is 5.41 Å². The van der Waals surface area contributed by atoms with Crippen molar-refractivity contribution in [1.29, 1.82) is 10.5 Å². The number of nitriles is 2. The Morgan fingerprint density at radius 3 is 1.44 bits per heavy atom. The Labute approximate surface area is 170 Å². The summed E-state index contributed by atoms with van der Waals surface area (Å²) in [7, 11) is -3.97. The van der Waals surface area contributed by atoms with Crippen LogP contribution in [0.3, 0.4) is 0 Å². The molecule has 0 saturated heterocycles. The minimum absolute atomic E-state index is 0.462. The van der Waals surface area contributed by atoms with Crippen molar-refractivity contribution in [3.05, 3.63) is 0 Å². The van der Waals surface area contributed by atoms with Crippen molar-refractivity contribution in [3.8, 4) is 12.1 Å². The van der Waals surface area contributed by atoms with E-state index in [1.165, 1.54) is 0 Å². The maximum absolute atomic E-state index is 13.8. The molecule has 0 aliphatic carbocycles. The SMILES string of the molecule is N#CC(C#N)(CCS(=O)C(F)(F)F)CC(F)(F)C(F)(F)C(F)(F)C(F)(F)C(F)(F)C(F)F. The molecule has 0 N–H and O–H groups in total. The van der Waals surface area contributed by atoms with Crippen LogP contribution in [0, 0.1) is 28.1 Å². The monoisotopic (exact) mass is 524 g/mol. The van der Waals surface area contributed by atoms with E-state index < -0.39 is 76.4 Å². The second-order valence-electron chi connectivity index (χ2n) is 6.08. The zero-order valence-electron chi connectivity index (χ0n) is 14.6. The molecule has 0 aliphatic rings. The first-order valence-electron chi connectivity index (χ1n) is 7.35. The zero-order valence-corrected chi connectivity index (χ0v) is 15.4. The topological polar surface area (TPSA) is 64.7 Å². The molecule has 186 valence electrons. The van der Waals surface area contributed by atoms with Gasteiger partial charge in [0.2, 0.25) is 0 Å². The van der Waals surface area contributed by atoms with E-state index in [9.17, 15) is 70.1 Å². The van der Waals surface area contributed by atoms with Crippen molar-refractivity contribution in [2.45, 2.75) is 54.4 Å². The summed E-state index contributed by atoms with van der Waals surface area (Å²) >= 11 is 0. The van der Waals surface area contributed by atoms with E-state index in [0.717, 1.165) is 0 Å². The van der Waals surface area contributed by atoms with Crippen LogP contribution in [0.25, 0.3) is 0 Å². The summed E-state index contributed by atoms with van der Waals surface area (Å²) in [5, 5.41) is 17.4. The quantitative estimate of drug-likeness (QED) is 0.354. The summed E-state index contributed by atoms with van der Waals surface area (Å²) in [5.74, 6) is -39.2. The fourth-order valence-electron chi connectivity index (χ4n) is 1.95. The lowest BCUT2D eigenvalue weighted by molar-refractivity contribution is -0.414. The first kappa shape index (κ1) is 30.1. The van der Waals surface area contributed by atoms with Gasteiger partial charge in [0.25, 0.3) is 0 Å². The van der Waals surface area contributed by atoms with E-state index in [4.69, 9.17) is 10.5 Å². The second-order valence-corrected chi connectivity index (χ2v) is 7.64. The molecule has 0 rings (SSSR count). The Morgan fingerprint density at radius 1 is 0.719 bits per heavy atom. The molecule has 0 heterocycles. The Morgan fingerprint density at radius 2 is 1.12 bits per heavy atom. The Kier molecular flexibility index (Phi) is 8.26. The summed E-state index contributed by atoms with van der Waals surface area (Å²) in [6, 6.07) is 0.924. The molecule has 0 aliphatic heterocycles. The molecular weight excluding hydrogens is 517 g/mol. The summed E-state index contributed by atoms with van der Waals surface area (Å²) in [6.45, 7) is 0. The van der Waals surface area contributed by atoms with Crippen molar-refractivity contribution in [2.24, 2.45) is 5.41 Å². The lowest BCUT2D eigenvalue weighted by Crippen LogP contribution is -2.69. The molecule has 0 saturated carbocycles. The largest absolute Gasteiger partial charge is 0.471 e. The van der Waals surface area contributed by atoms with E-state index >= 15 is 0 Å². The van der Waals surface area contributed by atoms with Crippen molar-refractivity contribution in [3.63, 3.8) is 0 Å². The highest BCUT2D eigenvalue weighted by atomic mass is 32.2. The van der Waals surface area contributed by atoms with Gasteiger partial charge in [-0.3, -0.25) is 4.21 Å². The van der Waals surface area contributed by atoms with Crippen LogP contribution in [0.15, 0.2) is 0 Å². The van der Waals surface area contributed by atoms with Crippen LogP contribution in [0.4, 0.5) is 65.9 Å². The van der Waals surface area contributed by atoms with Gasteiger partial charge in [-0.1, -0.05) is 0 Å². The maximum atomic E-state index is 13.8. The Bertz CT molecular complexity index is 779. The zero-order chi connectivity index (χ0) is 26.2. The molecule has 32 heavy (non-hydrogen) atoms. The molecule has 0 amide bonds. The van der Waals surface area contributed by atoms with Crippen LogP contribution < -0.4 is 0 Å². The summed E-state index contributed by atoms with van der Waals surface area (Å²) in [6.07, 6.45) is -10.9. The van der Waals surface area contributed by atoms with Gasteiger partial charge in [0, 0.05) is 12.2 Å². The highest BCUT2D eigenvalue weighted by Crippen LogP contribution is 2.59. The van der Waals surface area contributed by atoms with Crippen LogP contribution >= 0.6 is 0 Å².